The first-order valence-electron chi connectivity index (χ1n) is 10.8. The summed E-state index contributed by atoms with van der Waals surface area (Å²) in [7, 11) is 1.50. The molecule has 3 fully saturated rings. The van der Waals surface area contributed by atoms with Gasteiger partial charge in [-0.15, -0.1) is 0 Å². The van der Waals surface area contributed by atoms with Crippen LogP contribution in [0.1, 0.15) is 72.1 Å². The van der Waals surface area contributed by atoms with E-state index in [0.29, 0.717) is 23.2 Å². The van der Waals surface area contributed by atoms with E-state index in [-0.39, 0.29) is 23.5 Å². The standard InChI is InChI=1S/C23H34O4/c1-14(24)27-16-9-11-22(2)15(13-16)5-6-17-18-7-8-20(21(25)26-4)23(18,3)12-10-19(17)22/h8,15-19H,5-7,9-13H2,1-4H3/t15-,16+,17-,18+,19+,22-,23-/m0/s1. The van der Waals surface area contributed by atoms with Crippen LogP contribution >= 0.6 is 0 Å². The summed E-state index contributed by atoms with van der Waals surface area (Å²) in [6.45, 7) is 6.33. The molecule has 4 aliphatic rings. The maximum absolute atomic E-state index is 12.3. The van der Waals surface area contributed by atoms with Crippen LogP contribution < -0.4 is 0 Å². The van der Waals surface area contributed by atoms with Crippen LogP contribution in [-0.4, -0.2) is 25.2 Å². The lowest BCUT2D eigenvalue weighted by molar-refractivity contribution is -0.159. The maximum atomic E-state index is 12.3. The number of ether oxygens (including phenoxy) is 2. The van der Waals surface area contributed by atoms with Crippen molar-refractivity contribution in [3.05, 3.63) is 11.6 Å². The normalized spacial score (nSPS) is 45.8. The Bertz CT molecular complexity index is 667. The van der Waals surface area contributed by atoms with E-state index < -0.39 is 0 Å². The average molecular weight is 375 g/mol. The second kappa shape index (κ2) is 6.63. The Labute approximate surface area is 163 Å². The first-order valence-corrected chi connectivity index (χ1v) is 10.8. The van der Waals surface area contributed by atoms with Crippen LogP contribution in [0.15, 0.2) is 11.6 Å². The van der Waals surface area contributed by atoms with E-state index in [1.807, 2.05) is 0 Å². The molecule has 0 radical (unpaired) electrons. The van der Waals surface area contributed by atoms with Gasteiger partial charge in [0.25, 0.3) is 0 Å². The van der Waals surface area contributed by atoms with Crippen LogP contribution in [0.5, 0.6) is 0 Å². The molecule has 0 aromatic rings. The molecular weight excluding hydrogens is 340 g/mol. The van der Waals surface area contributed by atoms with Gasteiger partial charge in [0.05, 0.1) is 7.11 Å². The fourth-order valence-corrected chi connectivity index (χ4v) is 7.55. The first kappa shape index (κ1) is 19.0. The maximum Gasteiger partial charge on any atom is 0.333 e. The highest BCUT2D eigenvalue weighted by Crippen LogP contribution is 2.66. The molecule has 0 heterocycles. The van der Waals surface area contributed by atoms with E-state index in [1.54, 1.807) is 0 Å². The van der Waals surface area contributed by atoms with E-state index in [2.05, 4.69) is 19.9 Å². The van der Waals surface area contributed by atoms with Gasteiger partial charge in [0, 0.05) is 17.9 Å². The molecular formula is C23H34O4. The third kappa shape index (κ3) is 2.86. The number of carbonyl (C=O) groups is 2. The second-order valence-electron chi connectivity index (χ2n) is 9.96. The zero-order chi connectivity index (χ0) is 19.4. The molecule has 4 heteroatoms. The first-order chi connectivity index (χ1) is 12.8. The quantitative estimate of drug-likeness (QED) is 0.659. The van der Waals surface area contributed by atoms with Crippen LogP contribution in [0.3, 0.4) is 0 Å². The van der Waals surface area contributed by atoms with Crippen LogP contribution in [0.4, 0.5) is 0 Å². The van der Waals surface area contributed by atoms with Crippen LogP contribution in [0.25, 0.3) is 0 Å². The predicted octanol–water partition coefficient (Wildman–Crippen LogP) is 4.67. The van der Waals surface area contributed by atoms with E-state index in [4.69, 9.17) is 9.47 Å². The number of hydrogen-bond donors (Lipinski definition) is 0. The summed E-state index contributed by atoms with van der Waals surface area (Å²) in [6.07, 6.45) is 11.3. The van der Waals surface area contributed by atoms with Crippen molar-refractivity contribution in [2.75, 3.05) is 7.11 Å². The van der Waals surface area contributed by atoms with E-state index in [0.717, 1.165) is 43.6 Å². The fourth-order valence-electron chi connectivity index (χ4n) is 7.55. The van der Waals surface area contributed by atoms with Crippen molar-refractivity contribution in [3.8, 4) is 0 Å². The van der Waals surface area contributed by atoms with Gasteiger partial charge in [0.2, 0.25) is 0 Å². The van der Waals surface area contributed by atoms with Crippen LogP contribution in [-0.2, 0) is 19.1 Å². The Hall–Kier alpha value is -1.32. The molecule has 0 amide bonds. The lowest BCUT2D eigenvalue weighted by Crippen LogP contribution is -2.54. The lowest BCUT2D eigenvalue weighted by Gasteiger charge is -2.60. The van der Waals surface area contributed by atoms with Gasteiger partial charge in [-0.25, -0.2) is 4.79 Å². The molecule has 7 atom stereocenters. The molecule has 0 aliphatic heterocycles. The molecule has 0 bridgehead atoms. The summed E-state index contributed by atoms with van der Waals surface area (Å²) >= 11 is 0. The summed E-state index contributed by atoms with van der Waals surface area (Å²) in [5, 5.41) is 0. The van der Waals surface area contributed by atoms with Crippen LogP contribution in [0.2, 0.25) is 0 Å². The molecule has 27 heavy (non-hydrogen) atoms. The summed E-state index contributed by atoms with van der Waals surface area (Å²) in [4.78, 5) is 23.7. The Morgan fingerprint density at radius 3 is 2.56 bits per heavy atom. The Balaban J connectivity index is 1.53. The number of fused-ring (bicyclic) bond motifs is 5. The molecule has 0 N–H and O–H groups in total. The molecule has 0 aromatic heterocycles. The van der Waals surface area contributed by atoms with Crippen molar-refractivity contribution in [2.45, 2.75) is 78.2 Å². The van der Waals surface area contributed by atoms with Gasteiger partial charge >= 0.3 is 11.9 Å². The van der Waals surface area contributed by atoms with Crippen molar-refractivity contribution in [1.82, 2.24) is 0 Å². The molecule has 4 nitrogen and oxygen atoms in total. The third-order valence-electron chi connectivity index (χ3n) is 8.94. The predicted molar refractivity (Wildman–Crippen MR) is 103 cm³/mol. The van der Waals surface area contributed by atoms with Crippen molar-refractivity contribution in [2.24, 2.45) is 34.5 Å². The van der Waals surface area contributed by atoms with E-state index in [1.165, 1.54) is 33.3 Å². The van der Waals surface area contributed by atoms with Gasteiger partial charge in [-0.1, -0.05) is 19.9 Å². The summed E-state index contributed by atoms with van der Waals surface area (Å²) in [5.41, 5.74) is 1.28. The minimum atomic E-state index is -0.141. The SMILES string of the molecule is COC(=O)C1=CC[C@@H]2[C@@H]3CC[C@H]4C[C@H](OC(C)=O)CC[C@]4(C)[C@@H]3CC[C@]12C. The zero-order valence-electron chi connectivity index (χ0n) is 17.3. The van der Waals surface area contributed by atoms with Crippen LogP contribution in [0, 0.1) is 34.5 Å². The number of carbonyl (C=O) groups excluding carboxylic acids is 2. The largest absolute Gasteiger partial charge is 0.466 e. The topological polar surface area (TPSA) is 52.6 Å². The van der Waals surface area contributed by atoms with Crippen molar-refractivity contribution >= 4 is 11.9 Å². The number of hydrogen-bond acceptors (Lipinski definition) is 4. The number of allylic oxidation sites excluding steroid dienone is 1. The smallest absolute Gasteiger partial charge is 0.333 e. The highest BCUT2D eigenvalue weighted by molar-refractivity contribution is 5.90. The Morgan fingerprint density at radius 1 is 1.07 bits per heavy atom. The van der Waals surface area contributed by atoms with Gasteiger partial charge in [-0.3, -0.25) is 4.79 Å². The molecule has 0 aromatic carbocycles. The molecule has 150 valence electrons. The third-order valence-corrected chi connectivity index (χ3v) is 8.94. The van der Waals surface area contributed by atoms with E-state index >= 15 is 0 Å². The molecule has 0 unspecified atom stereocenters. The molecule has 4 rings (SSSR count). The Kier molecular flexibility index (Phi) is 4.67. The van der Waals surface area contributed by atoms with Gasteiger partial charge < -0.3 is 9.47 Å². The number of esters is 2. The summed E-state index contributed by atoms with van der Waals surface area (Å²) in [5.74, 6) is 2.41. The molecule has 3 saturated carbocycles. The molecule has 4 aliphatic carbocycles. The summed E-state index contributed by atoms with van der Waals surface area (Å²) in [6, 6.07) is 0. The number of rotatable bonds is 2. The monoisotopic (exact) mass is 374 g/mol. The summed E-state index contributed by atoms with van der Waals surface area (Å²) < 4.78 is 10.6. The number of methoxy groups -OCH3 is 1. The van der Waals surface area contributed by atoms with Gasteiger partial charge in [0.1, 0.15) is 6.10 Å². The Morgan fingerprint density at radius 2 is 1.85 bits per heavy atom. The van der Waals surface area contributed by atoms with E-state index in [9.17, 15) is 9.59 Å². The van der Waals surface area contributed by atoms with Crippen molar-refractivity contribution in [1.29, 1.82) is 0 Å². The fraction of sp³-hybridized carbons (Fsp3) is 0.826. The highest BCUT2D eigenvalue weighted by Gasteiger charge is 2.59. The van der Waals surface area contributed by atoms with Crippen molar-refractivity contribution in [3.63, 3.8) is 0 Å². The zero-order valence-corrected chi connectivity index (χ0v) is 17.3. The molecule has 0 spiro atoms. The second-order valence-corrected chi connectivity index (χ2v) is 9.96. The van der Waals surface area contributed by atoms with Crippen molar-refractivity contribution < 1.29 is 19.1 Å². The minimum absolute atomic E-state index is 0.00754. The van der Waals surface area contributed by atoms with Gasteiger partial charge in [0.15, 0.2) is 0 Å². The van der Waals surface area contributed by atoms with Gasteiger partial charge in [-0.05, 0) is 80.5 Å². The minimum Gasteiger partial charge on any atom is -0.466 e. The average Bonchev–Trinajstić information content (AvgIpc) is 2.98. The lowest BCUT2D eigenvalue weighted by atomic mass is 9.44. The van der Waals surface area contributed by atoms with Gasteiger partial charge in [-0.2, -0.15) is 0 Å². The molecule has 0 saturated heterocycles. The highest BCUT2D eigenvalue weighted by atomic mass is 16.5.